The quantitative estimate of drug-likeness (QED) is 0.835. The van der Waals surface area contributed by atoms with E-state index in [0.717, 1.165) is 41.4 Å². The Balaban J connectivity index is 2.07. The molecule has 0 atom stereocenters. The summed E-state index contributed by atoms with van der Waals surface area (Å²) in [5.74, 6) is 0.863. The Labute approximate surface area is 112 Å². The van der Waals surface area contributed by atoms with Crippen molar-refractivity contribution in [2.24, 2.45) is 0 Å². The van der Waals surface area contributed by atoms with E-state index < -0.39 is 0 Å². The summed E-state index contributed by atoms with van der Waals surface area (Å²) in [5.41, 5.74) is 2.08. The third-order valence-electron chi connectivity index (χ3n) is 2.80. The number of methoxy groups -OCH3 is 1. The Morgan fingerprint density at radius 1 is 1.33 bits per heavy atom. The van der Waals surface area contributed by atoms with Crippen molar-refractivity contribution in [1.29, 1.82) is 0 Å². The number of nitrogens with zero attached hydrogens (tertiary/aromatic N) is 3. The van der Waals surface area contributed by atoms with Gasteiger partial charge in [0.25, 0.3) is 0 Å². The van der Waals surface area contributed by atoms with E-state index in [1.54, 1.807) is 7.11 Å². The lowest BCUT2D eigenvalue weighted by atomic mass is 10.1. The van der Waals surface area contributed by atoms with Crippen LogP contribution in [0.25, 0.3) is 0 Å². The SMILES string of the molecule is CCn1cc(CCc2cc(Cl)ccc2OC)nn1. The number of aromatic nitrogens is 3. The fourth-order valence-electron chi connectivity index (χ4n) is 1.81. The van der Waals surface area contributed by atoms with Gasteiger partial charge in [-0.1, -0.05) is 16.8 Å². The molecule has 1 aromatic heterocycles. The molecule has 0 amide bonds. The summed E-state index contributed by atoms with van der Waals surface area (Å²) in [7, 11) is 1.67. The van der Waals surface area contributed by atoms with Crippen LogP contribution in [0.4, 0.5) is 0 Å². The molecule has 0 saturated heterocycles. The van der Waals surface area contributed by atoms with Gasteiger partial charge in [0.15, 0.2) is 0 Å². The monoisotopic (exact) mass is 265 g/mol. The minimum absolute atomic E-state index is 0.725. The maximum Gasteiger partial charge on any atom is 0.122 e. The van der Waals surface area contributed by atoms with Crippen molar-refractivity contribution in [3.8, 4) is 5.75 Å². The second kappa shape index (κ2) is 5.87. The topological polar surface area (TPSA) is 39.9 Å². The first-order valence-electron chi connectivity index (χ1n) is 5.94. The van der Waals surface area contributed by atoms with Gasteiger partial charge in [0, 0.05) is 17.8 Å². The summed E-state index contributed by atoms with van der Waals surface area (Å²) in [4.78, 5) is 0. The van der Waals surface area contributed by atoms with E-state index in [2.05, 4.69) is 10.3 Å². The molecule has 1 aromatic carbocycles. The molecule has 0 aliphatic rings. The van der Waals surface area contributed by atoms with E-state index in [1.807, 2.05) is 36.0 Å². The standard InChI is InChI=1S/C13H16ClN3O/c1-3-17-9-12(15-16-17)6-4-10-8-11(14)5-7-13(10)18-2/h5,7-9H,3-4,6H2,1-2H3. The molecule has 0 aliphatic heterocycles. The number of ether oxygens (including phenoxy) is 1. The van der Waals surface area contributed by atoms with Crippen molar-refractivity contribution in [3.63, 3.8) is 0 Å². The maximum absolute atomic E-state index is 5.99. The van der Waals surface area contributed by atoms with Crippen molar-refractivity contribution >= 4 is 11.6 Å². The van der Waals surface area contributed by atoms with Gasteiger partial charge in [0.2, 0.25) is 0 Å². The Morgan fingerprint density at radius 3 is 2.83 bits per heavy atom. The Morgan fingerprint density at radius 2 is 2.17 bits per heavy atom. The molecule has 5 heteroatoms. The highest BCUT2D eigenvalue weighted by atomic mass is 35.5. The number of hydrogen-bond donors (Lipinski definition) is 0. The van der Waals surface area contributed by atoms with Crippen LogP contribution in [-0.2, 0) is 19.4 Å². The van der Waals surface area contributed by atoms with Crippen LogP contribution in [0.5, 0.6) is 5.75 Å². The molecule has 18 heavy (non-hydrogen) atoms. The van der Waals surface area contributed by atoms with Crippen LogP contribution in [0, 0.1) is 0 Å². The molecule has 0 aliphatic carbocycles. The molecule has 0 saturated carbocycles. The van der Waals surface area contributed by atoms with Gasteiger partial charge in [-0.25, -0.2) is 0 Å². The van der Waals surface area contributed by atoms with Crippen molar-refractivity contribution in [2.45, 2.75) is 26.3 Å². The Kier molecular flexibility index (Phi) is 4.20. The van der Waals surface area contributed by atoms with Crippen molar-refractivity contribution in [3.05, 3.63) is 40.7 Å². The van der Waals surface area contributed by atoms with Crippen molar-refractivity contribution in [2.75, 3.05) is 7.11 Å². The van der Waals surface area contributed by atoms with Crippen LogP contribution in [-0.4, -0.2) is 22.1 Å². The highest BCUT2D eigenvalue weighted by Crippen LogP contribution is 2.23. The van der Waals surface area contributed by atoms with Crippen LogP contribution in [0.15, 0.2) is 24.4 Å². The first kappa shape index (κ1) is 12.9. The second-order valence-electron chi connectivity index (χ2n) is 4.02. The van der Waals surface area contributed by atoms with Gasteiger partial charge in [0.1, 0.15) is 5.75 Å². The van der Waals surface area contributed by atoms with Crippen LogP contribution in [0.1, 0.15) is 18.2 Å². The minimum Gasteiger partial charge on any atom is -0.496 e. The highest BCUT2D eigenvalue weighted by Gasteiger charge is 2.06. The smallest absolute Gasteiger partial charge is 0.122 e. The summed E-state index contributed by atoms with van der Waals surface area (Å²) in [6, 6.07) is 5.66. The van der Waals surface area contributed by atoms with Crippen LogP contribution >= 0.6 is 11.6 Å². The molecular weight excluding hydrogens is 250 g/mol. The zero-order chi connectivity index (χ0) is 13.0. The molecule has 96 valence electrons. The summed E-state index contributed by atoms with van der Waals surface area (Å²) in [6.07, 6.45) is 3.64. The number of aryl methyl sites for hydroxylation is 3. The summed E-state index contributed by atoms with van der Waals surface area (Å²) in [6.45, 7) is 2.88. The molecule has 1 heterocycles. The average Bonchev–Trinajstić information content (AvgIpc) is 2.84. The van der Waals surface area contributed by atoms with Crippen LogP contribution in [0.3, 0.4) is 0 Å². The van der Waals surface area contributed by atoms with Gasteiger partial charge >= 0.3 is 0 Å². The zero-order valence-electron chi connectivity index (χ0n) is 10.6. The molecule has 0 spiro atoms. The minimum atomic E-state index is 0.725. The first-order chi connectivity index (χ1) is 8.72. The molecule has 0 bridgehead atoms. The van der Waals surface area contributed by atoms with Crippen LogP contribution < -0.4 is 4.74 Å². The third kappa shape index (κ3) is 3.01. The predicted molar refractivity (Wildman–Crippen MR) is 71.1 cm³/mol. The van der Waals surface area contributed by atoms with Crippen molar-refractivity contribution in [1.82, 2.24) is 15.0 Å². The molecule has 0 radical (unpaired) electrons. The fourth-order valence-corrected chi connectivity index (χ4v) is 2.01. The van der Waals surface area contributed by atoms with E-state index in [0.29, 0.717) is 0 Å². The number of hydrogen-bond acceptors (Lipinski definition) is 3. The van der Waals surface area contributed by atoms with Crippen molar-refractivity contribution < 1.29 is 4.74 Å². The van der Waals surface area contributed by atoms with E-state index in [1.165, 1.54) is 0 Å². The molecule has 2 rings (SSSR count). The summed E-state index contributed by atoms with van der Waals surface area (Å²) in [5, 5.41) is 8.86. The largest absolute Gasteiger partial charge is 0.496 e. The highest BCUT2D eigenvalue weighted by molar-refractivity contribution is 6.30. The lowest BCUT2D eigenvalue weighted by molar-refractivity contribution is 0.409. The lowest BCUT2D eigenvalue weighted by Crippen LogP contribution is -1.96. The molecule has 4 nitrogen and oxygen atoms in total. The average molecular weight is 266 g/mol. The number of benzene rings is 1. The van der Waals surface area contributed by atoms with E-state index in [4.69, 9.17) is 16.3 Å². The number of rotatable bonds is 5. The Hall–Kier alpha value is -1.55. The normalized spacial score (nSPS) is 10.6. The Bertz CT molecular complexity index is 525. The van der Waals surface area contributed by atoms with Gasteiger partial charge < -0.3 is 4.74 Å². The molecular formula is C13H16ClN3O. The maximum atomic E-state index is 5.99. The predicted octanol–water partition coefficient (Wildman–Crippen LogP) is 2.75. The summed E-state index contributed by atoms with van der Waals surface area (Å²) < 4.78 is 7.14. The van der Waals surface area contributed by atoms with Gasteiger partial charge in [0.05, 0.1) is 12.8 Å². The first-order valence-corrected chi connectivity index (χ1v) is 6.32. The van der Waals surface area contributed by atoms with Gasteiger partial charge in [-0.15, -0.1) is 5.10 Å². The zero-order valence-corrected chi connectivity index (χ0v) is 11.3. The van der Waals surface area contributed by atoms with Gasteiger partial charge in [-0.3, -0.25) is 4.68 Å². The van der Waals surface area contributed by atoms with E-state index in [-0.39, 0.29) is 0 Å². The van der Waals surface area contributed by atoms with Crippen LogP contribution in [0.2, 0.25) is 5.02 Å². The molecule has 0 fully saturated rings. The molecule has 2 aromatic rings. The van der Waals surface area contributed by atoms with Gasteiger partial charge in [-0.05, 0) is 43.5 Å². The number of halogens is 1. The lowest BCUT2D eigenvalue weighted by Gasteiger charge is -2.07. The molecule has 0 N–H and O–H groups in total. The molecule has 0 unspecified atom stereocenters. The summed E-state index contributed by atoms with van der Waals surface area (Å²) >= 11 is 5.99. The fraction of sp³-hybridized carbons (Fsp3) is 0.385. The second-order valence-corrected chi connectivity index (χ2v) is 4.46. The van der Waals surface area contributed by atoms with E-state index in [9.17, 15) is 0 Å². The third-order valence-corrected chi connectivity index (χ3v) is 3.04. The van der Waals surface area contributed by atoms with Gasteiger partial charge in [-0.2, -0.15) is 0 Å². The van der Waals surface area contributed by atoms with E-state index >= 15 is 0 Å².